The number of hydrogen-bond donors (Lipinski definition) is 0. The molecule has 0 aromatic heterocycles. The molecule has 1 aliphatic carbocycles. The van der Waals surface area contributed by atoms with Gasteiger partial charge in [-0.25, -0.2) is 0 Å². The maximum Gasteiger partial charge on any atom is 0.0373 e. The van der Waals surface area contributed by atoms with Crippen LogP contribution in [0.15, 0.2) is 43.0 Å². The zero-order valence-corrected chi connectivity index (χ0v) is 15.4. The van der Waals surface area contributed by atoms with E-state index in [4.69, 9.17) is 0 Å². The number of rotatable bonds is 5. The van der Waals surface area contributed by atoms with Crippen molar-refractivity contribution < 1.29 is 0 Å². The van der Waals surface area contributed by atoms with Gasteiger partial charge in [-0.05, 0) is 62.4 Å². The molecule has 2 aliphatic rings. The molecule has 0 bridgehead atoms. The van der Waals surface area contributed by atoms with Crippen LogP contribution in [-0.4, -0.2) is 37.1 Å². The molecular weight excluding hydrogens is 292 g/mol. The quantitative estimate of drug-likeness (QED) is 0.705. The molecule has 2 nitrogen and oxygen atoms in total. The van der Waals surface area contributed by atoms with Crippen molar-refractivity contribution in [1.82, 2.24) is 4.90 Å². The van der Waals surface area contributed by atoms with Crippen molar-refractivity contribution in [3.05, 3.63) is 54.1 Å². The lowest BCUT2D eigenvalue weighted by Gasteiger charge is -2.36. The predicted molar refractivity (Wildman–Crippen MR) is 106 cm³/mol. The minimum atomic E-state index is 0.883. The molecule has 24 heavy (non-hydrogen) atoms. The van der Waals surface area contributed by atoms with Crippen molar-refractivity contribution in [2.24, 2.45) is 0 Å². The fourth-order valence-electron chi connectivity index (χ4n) is 3.69. The summed E-state index contributed by atoms with van der Waals surface area (Å²) in [5.74, 6) is 0. The molecule has 1 saturated carbocycles. The predicted octanol–water partition coefficient (Wildman–Crippen LogP) is 4.98. The molecular formula is C22H30N2. The first-order chi connectivity index (χ1) is 11.5. The third kappa shape index (κ3) is 3.49. The molecule has 0 radical (unpaired) electrons. The number of allylic oxidation sites excluding steroid dienone is 4. The van der Waals surface area contributed by atoms with Crippen molar-refractivity contribution >= 4 is 16.8 Å². The fraction of sp³-hybridized carbons (Fsp3) is 0.455. The zero-order chi connectivity index (χ0) is 17.3. The van der Waals surface area contributed by atoms with E-state index in [0.29, 0.717) is 0 Å². The Balaban J connectivity index is 1.85. The molecule has 1 heterocycles. The maximum atomic E-state index is 4.21. The van der Waals surface area contributed by atoms with Crippen LogP contribution in [0.4, 0.5) is 5.69 Å². The van der Waals surface area contributed by atoms with Gasteiger partial charge in [-0.2, -0.15) is 0 Å². The monoisotopic (exact) mass is 322 g/mol. The molecule has 128 valence electrons. The van der Waals surface area contributed by atoms with Crippen molar-refractivity contribution in [3.8, 4) is 0 Å². The van der Waals surface area contributed by atoms with Gasteiger partial charge in [0.1, 0.15) is 0 Å². The van der Waals surface area contributed by atoms with Crippen molar-refractivity contribution in [1.29, 1.82) is 0 Å². The first kappa shape index (κ1) is 17.0. The Hall–Kier alpha value is -1.80. The molecule has 1 aromatic rings. The van der Waals surface area contributed by atoms with E-state index in [9.17, 15) is 0 Å². The molecule has 0 spiro atoms. The third-order valence-corrected chi connectivity index (χ3v) is 5.24. The average Bonchev–Trinajstić information content (AvgIpc) is 3.40. The summed E-state index contributed by atoms with van der Waals surface area (Å²) in [5.41, 5.74) is 7.44. The molecule has 1 aliphatic heterocycles. The molecule has 3 rings (SSSR count). The van der Waals surface area contributed by atoms with Crippen LogP contribution in [0, 0.1) is 0 Å². The SMILES string of the molecule is C=CC(=C(C)C)c1ccc(N2CCN(C3CC3)CC2)cc1C(=C)C. The Bertz CT molecular complexity index is 667. The molecule has 2 heteroatoms. The van der Waals surface area contributed by atoms with Gasteiger partial charge in [0.2, 0.25) is 0 Å². The highest BCUT2D eigenvalue weighted by molar-refractivity contribution is 5.85. The molecule has 1 aromatic carbocycles. The first-order valence-electron chi connectivity index (χ1n) is 9.10. The summed E-state index contributed by atoms with van der Waals surface area (Å²) >= 11 is 0. The van der Waals surface area contributed by atoms with E-state index in [1.54, 1.807) is 0 Å². The van der Waals surface area contributed by atoms with E-state index >= 15 is 0 Å². The lowest BCUT2D eigenvalue weighted by molar-refractivity contribution is 0.248. The van der Waals surface area contributed by atoms with E-state index < -0.39 is 0 Å². The van der Waals surface area contributed by atoms with Crippen LogP contribution in [0.1, 0.15) is 44.7 Å². The lowest BCUT2D eigenvalue weighted by Crippen LogP contribution is -2.47. The number of nitrogens with zero attached hydrogens (tertiary/aromatic N) is 2. The van der Waals surface area contributed by atoms with Gasteiger partial charge in [0.05, 0.1) is 0 Å². The number of piperazine rings is 1. The minimum absolute atomic E-state index is 0.883. The number of anilines is 1. The topological polar surface area (TPSA) is 6.48 Å². The Morgan fingerprint density at radius 2 is 1.71 bits per heavy atom. The summed E-state index contributed by atoms with van der Waals surface area (Å²) < 4.78 is 0. The van der Waals surface area contributed by atoms with Gasteiger partial charge < -0.3 is 4.90 Å². The van der Waals surface area contributed by atoms with Crippen LogP contribution < -0.4 is 4.90 Å². The number of benzene rings is 1. The van der Waals surface area contributed by atoms with Crippen molar-refractivity contribution in [2.75, 3.05) is 31.1 Å². The van der Waals surface area contributed by atoms with E-state index in [1.165, 1.54) is 53.9 Å². The molecule has 0 amide bonds. The van der Waals surface area contributed by atoms with E-state index in [1.807, 2.05) is 6.08 Å². The Morgan fingerprint density at radius 3 is 2.21 bits per heavy atom. The van der Waals surface area contributed by atoms with Crippen molar-refractivity contribution in [2.45, 2.75) is 39.7 Å². The van der Waals surface area contributed by atoms with Gasteiger partial charge in [-0.3, -0.25) is 4.90 Å². The van der Waals surface area contributed by atoms with Gasteiger partial charge in [-0.15, -0.1) is 0 Å². The van der Waals surface area contributed by atoms with Crippen LogP contribution in [-0.2, 0) is 0 Å². The van der Waals surface area contributed by atoms with Gasteiger partial charge in [0.15, 0.2) is 0 Å². The standard InChI is InChI=1S/C22H30N2/c1-6-20(16(2)3)21-10-9-19(15-22(21)17(4)5)24-13-11-23(12-14-24)18-7-8-18/h6,9-10,15,18H,1,4,7-8,11-14H2,2-3,5H3. The number of hydrogen-bond acceptors (Lipinski definition) is 2. The maximum absolute atomic E-state index is 4.21. The molecule has 0 unspecified atom stereocenters. The highest BCUT2D eigenvalue weighted by Gasteiger charge is 2.31. The van der Waals surface area contributed by atoms with Gasteiger partial charge in [-0.1, -0.05) is 36.4 Å². The van der Waals surface area contributed by atoms with Gasteiger partial charge in [0, 0.05) is 37.9 Å². The summed E-state index contributed by atoms with van der Waals surface area (Å²) in [4.78, 5) is 5.18. The Kier molecular flexibility index (Phi) is 4.96. The average molecular weight is 322 g/mol. The normalized spacial score (nSPS) is 18.4. The first-order valence-corrected chi connectivity index (χ1v) is 9.10. The van der Waals surface area contributed by atoms with Crippen LogP contribution in [0.5, 0.6) is 0 Å². The van der Waals surface area contributed by atoms with Crippen LogP contribution in [0.25, 0.3) is 11.1 Å². The van der Waals surface area contributed by atoms with Crippen LogP contribution >= 0.6 is 0 Å². The summed E-state index contributed by atoms with van der Waals surface area (Å²) in [6, 6.07) is 7.71. The second-order valence-electron chi connectivity index (χ2n) is 7.38. The highest BCUT2D eigenvalue weighted by atomic mass is 15.3. The molecule has 0 N–H and O–H groups in total. The molecule has 1 saturated heterocycles. The zero-order valence-electron chi connectivity index (χ0n) is 15.4. The van der Waals surface area contributed by atoms with Crippen LogP contribution in [0.2, 0.25) is 0 Å². The second-order valence-corrected chi connectivity index (χ2v) is 7.38. The highest BCUT2D eigenvalue weighted by Crippen LogP contribution is 2.33. The lowest BCUT2D eigenvalue weighted by atomic mass is 9.92. The largest absolute Gasteiger partial charge is 0.369 e. The second kappa shape index (κ2) is 6.98. The van der Waals surface area contributed by atoms with Gasteiger partial charge >= 0.3 is 0 Å². The summed E-state index contributed by atoms with van der Waals surface area (Å²) in [6.45, 7) is 19.2. The molecule has 0 atom stereocenters. The third-order valence-electron chi connectivity index (χ3n) is 5.24. The van der Waals surface area contributed by atoms with E-state index in [2.05, 4.69) is 61.9 Å². The summed E-state index contributed by atoms with van der Waals surface area (Å²) in [5, 5.41) is 0. The fourth-order valence-corrected chi connectivity index (χ4v) is 3.69. The Morgan fingerprint density at radius 1 is 1.04 bits per heavy atom. The smallest absolute Gasteiger partial charge is 0.0373 e. The summed E-state index contributed by atoms with van der Waals surface area (Å²) in [6.07, 6.45) is 4.77. The van der Waals surface area contributed by atoms with Crippen LogP contribution in [0.3, 0.4) is 0 Å². The molecule has 2 fully saturated rings. The van der Waals surface area contributed by atoms with E-state index in [0.717, 1.165) is 24.7 Å². The minimum Gasteiger partial charge on any atom is -0.369 e. The summed E-state index contributed by atoms with van der Waals surface area (Å²) in [7, 11) is 0. The van der Waals surface area contributed by atoms with E-state index in [-0.39, 0.29) is 0 Å². The Labute approximate surface area is 147 Å². The van der Waals surface area contributed by atoms with Crippen molar-refractivity contribution in [3.63, 3.8) is 0 Å². The van der Waals surface area contributed by atoms with Gasteiger partial charge in [0.25, 0.3) is 0 Å².